The van der Waals surface area contributed by atoms with Gasteiger partial charge in [0.05, 0.1) is 16.7 Å². The van der Waals surface area contributed by atoms with Crippen molar-refractivity contribution in [3.63, 3.8) is 0 Å². The number of nitrogens with two attached hydrogens (primary N) is 1. The molecule has 0 aliphatic heterocycles. The van der Waals surface area contributed by atoms with Crippen LogP contribution in [0.25, 0.3) is 0 Å². The lowest BCUT2D eigenvalue weighted by atomic mass is 10.1. The SMILES string of the molecule is CC(N)c1ccc(C(=O)O)cc1.O=C(O)c1ccc(C(=O)O)cc1. The molecule has 0 saturated heterocycles. The summed E-state index contributed by atoms with van der Waals surface area (Å²) in [6.07, 6.45) is 0. The van der Waals surface area contributed by atoms with Crippen LogP contribution < -0.4 is 5.73 Å². The number of benzene rings is 2. The molecule has 1 atom stereocenters. The van der Waals surface area contributed by atoms with E-state index in [1.54, 1.807) is 24.3 Å². The van der Waals surface area contributed by atoms with E-state index in [0.29, 0.717) is 5.56 Å². The topological polar surface area (TPSA) is 138 Å². The van der Waals surface area contributed by atoms with Crippen LogP contribution in [0.1, 0.15) is 49.6 Å². The van der Waals surface area contributed by atoms with Crippen LogP contribution in [0.3, 0.4) is 0 Å². The smallest absolute Gasteiger partial charge is 0.335 e. The Kier molecular flexibility index (Phi) is 6.64. The lowest BCUT2D eigenvalue weighted by Gasteiger charge is -2.04. The van der Waals surface area contributed by atoms with Crippen molar-refractivity contribution in [3.05, 3.63) is 70.8 Å². The van der Waals surface area contributed by atoms with Crippen LogP contribution in [0, 0.1) is 0 Å². The maximum atomic E-state index is 10.5. The molecule has 1 unspecified atom stereocenters. The van der Waals surface area contributed by atoms with E-state index >= 15 is 0 Å². The van der Waals surface area contributed by atoms with Crippen molar-refractivity contribution in [3.8, 4) is 0 Å². The minimum absolute atomic E-state index is 0.0483. The molecule has 5 N–H and O–H groups in total. The highest BCUT2D eigenvalue weighted by Crippen LogP contribution is 2.10. The van der Waals surface area contributed by atoms with Gasteiger partial charge in [-0.2, -0.15) is 0 Å². The molecule has 2 rings (SSSR count). The second-order valence-electron chi connectivity index (χ2n) is 4.90. The summed E-state index contributed by atoms with van der Waals surface area (Å²) in [6.45, 7) is 1.86. The molecule has 0 fully saturated rings. The number of aromatic carboxylic acids is 3. The number of carboxylic acids is 3. The lowest BCUT2D eigenvalue weighted by molar-refractivity contribution is 0.0681. The third-order valence-electron chi connectivity index (χ3n) is 3.06. The Labute approximate surface area is 138 Å². The number of rotatable bonds is 4. The fourth-order valence-electron chi connectivity index (χ4n) is 1.68. The van der Waals surface area contributed by atoms with Gasteiger partial charge in [-0.3, -0.25) is 0 Å². The van der Waals surface area contributed by atoms with Crippen molar-refractivity contribution in [2.45, 2.75) is 13.0 Å². The van der Waals surface area contributed by atoms with Gasteiger partial charge in [0.1, 0.15) is 0 Å². The Hall–Kier alpha value is -3.19. The van der Waals surface area contributed by atoms with Gasteiger partial charge in [-0.1, -0.05) is 12.1 Å². The van der Waals surface area contributed by atoms with Gasteiger partial charge >= 0.3 is 17.9 Å². The first kappa shape index (κ1) is 18.9. The van der Waals surface area contributed by atoms with Crippen molar-refractivity contribution >= 4 is 17.9 Å². The van der Waals surface area contributed by atoms with Gasteiger partial charge in [-0.05, 0) is 48.9 Å². The largest absolute Gasteiger partial charge is 0.478 e. The van der Waals surface area contributed by atoms with E-state index in [2.05, 4.69) is 0 Å². The summed E-state index contributed by atoms with van der Waals surface area (Å²) < 4.78 is 0. The summed E-state index contributed by atoms with van der Waals surface area (Å²) in [5.74, 6) is -3.04. The minimum atomic E-state index is -1.06. The molecule has 0 radical (unpaired) electrons. The molecule has 0 bridgehead atoms. The van der Waals surface area contributed by atoms with E-state index in [-0.39, 0.29) is 17.2 Å². The average Bonchev–Trinajstić information content (AvgIpc) is 2.55. The van der Waals surface area contributed by atoms with E-state index in [1.807, 2.05) is 6.92 Å². The first-order chi connectivity index (χ1) is 11.2. The Balaban J connectivity index is 0.000000240. The molecular formula is C17H17NO6. The molecule has 2 aromatic rings. The third-order valence-corrected chi connectivity index (χ3v) is 3.06. The minimum Gasteiger partial charge on any atom is -0.478 e. The predicted molar refractivity (Wildman–Crippen MR) is 86.4 cm³/mol. The molecule has 2 aromatic carbocycles. The average molecular weight is 331 g/mol. The van der Waals surface area contributed by atoms with Crippen LogP contribution in [0.5, 0.6) is 0 Å². The molecule has 0 saturated carbocycles. The van der Waals surface area contributed by atoms with Crippen LogP contribution >= 0.6 is 0 Å². The molecular weight excluding hydrogens is 314 g/mol. The summed E-state index contributed by atoms with van der Waals surface area (Å²) in [6, 6.07) is 11.5. The zero-order valence-corrected chi connectivity index (χ0v) is 12.8. The van der Waals surface area contributed by atoms with Crippen molar-refractivity contribution in [1.82, 2.24) is 0 Å². The predicted octanol–water partition coefficient (Wildman–Crippen LogP) is 2.49. The van der Waals surface area contributed by atoms with Gasteiger partial charge in [0, 0.05) is 6.04 Å². The first-order valence-corrected chi connectivity index (χ1v) is 6.88. The van der Waals surface area contributed by atoms with Crippen LogP contribution in [0.15, 0.2) is 48.5 Å². The molecule has 7 heteroatoms. The molecule has 7 nitrogen and oxygen atoms in total. The monoisotopic (exact) mass is 331 g/mol. The summed E-state index contributed by atoms with van der Waals surface area (Å²) >= 11 is 0. The Morgan fingerprint density at radius 3 is 1.17 bits per heavy atom. The maximum absolute atomic E-state index is 10.5. The molecule has 0 amide bonds. The lowest BCUT2D eigenvalue weighted by Crippen LogP contribution is -2.05. The normalized spacial score (nSPS) is 10.9. The highest BCUT2D eigenvalue weighted by atomic mass is 16.4. The maximum Gasteiger partial charge on any atom is 0.335 e. The highest BCUT2D eigenvalue weighted by molar-refractivity contribution is 5.91. The van der Waals surface area contributed by atoms with Crippen molar-refractivity contribution in [2.24, 2.45) is 5.73 Å². The zero-order valence-electron chi connectivity index (χ0n) is 12.8. The van der Waals surface area contributed by atoms with Gasteiger partial charge < -0.3 is 21.1 Å². The summed E-state index contributed by atoms with van der Waals surface area (Å²) in [4.78, 5) is 31.1. The summed E-state index contributed by atoms with van der Waals surface area (Å²) in [5, 5.41) is 25.5. The van der Waals surface area contributed by atoms with Crippen molar-refractivity contribution < 1.29 is 29.7 Å². The fraction of sp³-hybridized carbons (Fsp3) is 0.118. The van der Waals surface area contributed by atoms with E-state index in [9.17, 15) is 14.4 Å². The number of hydrogen-bond acceptors (Lipinski definition) is 4. The first-order valence-electron chi connectivity index (χ1n) is 6.88. The van der Waals surface area contributed by atoms with Gasteiger partial charge in [-0.15, -0.1) is 0 Å². The van der Waals surface area contributed by atoms with Crippen LogP contribution in [-0.2, 0) is 0 Å². The molecule has 0 aromatic heterocycles. The molecule has 0 aliphatic carbocycles. The summed E-state index contributed by atoms with van der Waals surface area (Å²) in [5.41, 5.74) is 6.99. The Morgan fingerprint density at radius 2 is 0.958 bits per heavy atom. The molecule has 0 aliphatic rings. The van der Waals surface area contributed by atoms with E-state index < -0.39 is 17.9 Å². The Bertz CT molecular complexity index is 687. The van der Waals surface area contributed by atoms with Crippen molar-refractivity contribution in [2.75, 3.05) is 0 Å². The number of hydrogen-bond donors (Lipinski definition) is 4. The third kappa shape index (κ3) is 5.54. The number of carbonyl (C=O) groups is 3. The molecule has 0 spiro atoms. The van der Waals surface area contributed by atoms with Crippen LogP contribution in [0.2, 0.25) is 0 Å². The highest BCUT2D eigenvalue weighted by Gasteiger charge is 2.05. The van der Waals surface area contributed by atoms with E-state index in [1.165, 1.54) is 24.3 Å². The zero-order chi connectivity index (χ0) is 18.3. The standard InChI is InChI=1S/C9H11NO2.C8H6O4/c1-6(10)7-2-4-8(5-3-7)9(11)12;9-7(10)5-1-2-6(4-3-5)8(11)12/h2-6H,10H2,1H3,(H,11,12);1-4H,(H,9,10)(H,11,12). The molecule has 0 heterocycles. The van der Waals surface area contributed by atoms with Crippen molar-refractivity contribution in [1.29, 1.82) is 0 Å². The van der Waals surface area contributed by atoms with Gasteiger partial charge in [0.15, 0.2) is 0 Å². The van der Waals surface area contributed by atoms with Gasteiger partial charge in [0.2, 0.25) is 0 Å². The second kappa shape index (κ2) is 8.44. The number of carboxylic acid groups (broad SMARTS) is 3. The fourth-order valence-corrected chi connectivity index (χ4v) is 1.68. The van der Waals surface area contributed by atoms with E-state index in [4.69, 9.17) is 21.1 Å². The van der Waals surface area contributed by atoms with Crippen LogP contribution in [0.4, 0.5) is 0 Å². The second-order valence-corrected chi connectivity index (χ2v) is 4.90. The van der Waals surface area contributed by atoms with Gasteiger partial charge in [0.25, 0.3) is 0 Å². The Morgan fingerprint density at radius 1 is 0.708 bits per heavy atom. The van der Waals surface area contributed by atoms with E-state index in [0.717, 1.165) is 5.56 Å². The van der Waals surface area contributed by atoms with Gasteiger partial charge in [-0.25, -0.2) is 14.4 Å². The summed E-state index contributed by atoms with van der Waals surface area (Å²) in [7, 11) is 0. The molecule has 24 heavy (non-hydrogen) atoms. The molecule has 126 valence electrons. The quantitative estimate of drug-likeness (QED) is 0.675. The van der Waals surface area contributed by atoms with Crippen LogP contribution in [-0.4, -0.2) is 33.2 Å².